The number of thiophene rings is 1. The van der Waals surface area contributed by atoms with Crippen molar-refractivity contribution in [3.8, 4) is 0 Å². The van der Waals surface area contributed by atoms with Gasteiger partial charge in [0.05, 0.1) is 11.1 Å². The quantitative estimate of drug-likeness (QED) is 0.807. The molecule has 0 unspecified atom stereocenters. The summed E-state index contributed by atoms with van der Waals surface area (Å²) in [7, 11) is 0. The van der Waals surface area contributed by atoms with Gasteiger partial charge in [0.15, 0.2) is 0 Å². The molecule has 2 aromatic heterocycles. The predicted molar refractivity (Wildman–Crippen MR) is 96.4 cm³/mol. The third kappa shape index (κ3) is 4.23. The van der Waals surface area contributed by atoms with Crippen LogP contribution in [0.25, 0.3) is 0 Å². The van der Waals surface area contributed by atoms with Gasteiger partial charge in [-0.15, -0.1) is 11.3 Å². The Morgan fingerprint density at radius 1 is 1.38 bits per heavy atom. The fraction of sp³-hybridized carbons (Fsp3) is 0.471. The first-order chi connectivity index (χ1) is 11.3. The molecule has 0 aromatic carbocycles. The van der Waals surface area contributed by atoms with Gasteiger partial charge < -0.3 is 10.6 Å². The zero-order valence-corrected chi connectivity index (χ0v) is 15.4. The largest absolute Gasteiger partial charge is 0.337 e. The number of hydrogen-bond acceptors (Lipinski definition) is 4. The summed E-state index contributed by atoms with van der Waals surface area (Å²) >= 11 is 1.34. The Bertz CT molecular complexity index is 704. The van der Waals surface area contributed by atoms with Crippen LogP contribution in [-0.4, -0.2) is 27.1 Å². The van der Waals surface area contributed by atoms with E-state index < -0.39 is 5.54 Å². The number of amides is 2. The number of hydrogen-bond donors (Lipinski definition) is 2. The van der Waals surface area contributed by atoms with E-state index in [9.17, 15) is 9.59 Å². The van der Waals surface area contributed by atoms with E-state index in [4.69, 9.17) is 0 Å². The van der Waals surface area contributed by atoms with Crippen molar-refractivity contribution in [2.75, 3.05) is 5.32 Å². The number of carbonyl (C=O) groups is 2. The molecule has 2 N–H and O–H groups in total. The van der Waals surface area contributed by atoms with Crippen LogP contribution in [0.15, 0.2) is 23.7 Å². The number of rotatable bonds is 7. The van der Waals surface area contributed by atoms with Crippen molar-refractivity contribution in [3.05, 3.63) is 34.2 Å². The molecule has 0 aliphatic carbocycles. The van der Waals surface area contributed by atoms with Crippen molar-refractivity contribution in [3.63, 3.8) is 0 Å². The summed E-state index contributed by atoms with van der Waals surface area (Å²) in [6, 6.07) is 3.54. The molecule has 0 aliphatic heterocycles. The van der Waals surface area contributed by atoms with Crippen LogP contribution < -0.4 is 10.6 Å². The van der Waals surface area contributed by atoms with Gasteiger partial charge in [0.2, 0.25) is 0 Å². The van der Waals surface area contributed by atoms with Gasteiger partial charge in [0.25, 0.3) is 11.8 Å². The number of carbonyl (C=O) groups excluding carboxylic acids is 2. The molecule has 2 rings (SSSR count). The normalized spacial score (nSPS) is 11.3. The summed E-state index contributed by atoms with van der Waals surface area (Å²) in [5.74, 6) is 0.169. The van der Waals surface area contributed by atoms with Gasteiger partial charge in [0.1, 0.15) is 11.4 Å². The van der Waals surface area contributed by atoms with Gasteiger partial charge in [-0.25, -0.2) is 4.68 Å². The molecule has 2 heterocycles. The minimum Gasteiger partial charge on any atom is -0.337 e. The standard InChI is InChI=1S/C17H24N4O2S/c1-5-6-9-21-14(12(2)11-18-21)19-16(23)17(3,4)20-15(22)13-8-7-10-24-13/h7-8,10-11H,5-6,9H2,1-4H3,(H,19,23)(H,20,22). The first-order valence-electron chi connectivity index (χ1n) is 8.05. The maximum atomic E-state index is 12.7. The predicted octanol–water partition coefficient (Wildman–Crippen LogP) is 3.20. The van der Waals surface area contributed by atoms with E-state index in [0.29, 0.717) is 10.7 Å². The van der Waals surface area contributed by atoms with Crippen molar-refractivity contribution in [2.45, 2.75) is 52.6 Å². The summed E-state index contributed by atoms with van der Waals surface area (Å²) in [5.41, 5.74) is -0.132. The first kappa shape index (κ1) is 18.2. The lowest BCUT2D eigenvalue weighted by atomic mass is 10.0. The van der Waals surface area contributed by atoms with Gasteiger partial charge in [-0.1, -0.05) is 19.4 Å². The summed E-state index contributed by atoms with van der Waals surface area (Å²) in [5, 5.41) is 11.8. The molecule has 7 heteroatoms. The second-order valence-electron chi connectivity index (χ2n) is 6.26. The molecule has 130 valence electrons. The highest BCUT2D eigenvalue weighted by molar-refractivity contribution is 7.12. The first-order valence-corrected chi connectivity index (χ1v) is 8.93. The number of aromatic nitrogens is 2. The van der Waals surface area contributed by atoms with Crippen LogP contribution in [0.2, 0.25) is 0 Å². The zero-order chi connectivity index (χ0) is 17.7. The van der Waals surface area contributed by atoms with Gasteiger partial charge in [-0.05, 0) is 38.6 Å². The van der Waals surface area contributed by atoms with Crippen molar-refractivity contribution < 1.29 is 9.59 Å². The molecule has 0 saturated heterocycles. The van der Waals surface area contributed by atoms with Crippen molar-refractivity contribution in [1.82, 2.24) is 15.1 Å². The second kappa shape index (κ2) is 7.61. The Morgan fingerprint density at radius 3 is 2.75 bits per heavy atom. The lowest BCUT2D eigenvalue weighted by Gasteiger charge is -2.25. The van der Waals surface area contributed by atoms with Crippen LogP contribution in [0.3, 0.4) is 0 Å². The molecular weight excluding hydrogens is 324 g/mol. The van der Waals surface area contributed by atoms with E-state index in [2.05, 4.69) is 22.7 Å². The fourth-order valence-electron chi connectivity index (χ4n) is 2.19. The van der Waals surface area contributed by atoms with Crippen LogP contribution in [0.1, 0.15) is 48.8 Å². The fourth-order valence-corrected chi connectivity index (χ4v) is 2.81. The third-order valence-electron chi connectivity index (χ3n) is 3.72. The van der Waals surface area contributed by atoms with Crippen molar-refractivity contribution in [2.24, 2.45) is 0 Å². The second-order valence-corrected chi connectivity index (χ2v) is 7.21. The smallest absolute Gasteiger partial charge is 0.262 e. The summed E-state index contributed by atoms with van der Waals surface area (Å²) in [6.45, 7) is 8.15. The maximum Gasteiger partial charge on any atom is 0.262 e. The molecule has 6 nitrogen and oxygen atoms in total. The topological polar surface area (TPSA) is 76.0 Å². The van der Waals surface area contributed by atoms with Crippen molar-refractivity contribution in [1.29, 1.82) is 0 Å². The minimum atomic E-state index is -1.03. The van der Waals surface area contributed by atoms with Crippen LogP contribution in [0.4, 0.5) is 5.82 Å². The molecular formula is C17H24N4O2S. The van der Waals surface area contributed by atoms with Crippen LogP contribution in [0.5, 0.6) is 0 Å². The minimum absolute atomic E-state index is 0.249. The van der Waals surface area contributed by atoms with Crippen LogP contribution in [-0.2, 0) is 11.3 Å². The number of nitrogens with one attached hydrogen (secondary N) is 2. The van der Waals surface area contributed by atoms with Crippen molar-refractivity contribution >= 4 is 29.0 Å². The molecule has 0 fully saturated rings. The number of unbranched alkanes of at least 4 members (excludes halogenated alkanes) is 1. The maximum absolute atomic E-state index is 12.7. The Morgan fingerprint density at radius 2 is 2.12 bits per heavy atom. The highest BCUT2D eigenvalue weighted by Crippen LogP contribution is 2.18. The highest BCUT2D eigenvalue weighted by Gasteiger charge is 2.31. The Balaban J connectivity index is 2.08. The Hall–Kier alpha value is -2.15. The number of anilines is 1. The molecule has 0 aliphatic rings. The average Bonchev–Trinajstić information content (AvgIpc) is 3.16. The molecule has 0 radical (unpaired) electrons. The monoisotopic (exact) mass is 348 g/mol. The molecule has 0 bridgehead atoms. The van der Waals surface area contributed by atoms with E-state index in [1.807, 2.05) is 18.4 Å². The molecule has 0 atom stereocenters. The zero-order valence-electron chi connectivity index (χ0n) is 14.5. The number of aryl methyl sites for hydroxylation is 2. The Labute approximate surface area is 146 Å². The van der Waals surface area contributed by atoms with Gasteiger partial charge in [-0.2, -0.15) is 5.10 Å². The van der Waals surface area contributed by atoms with Gasteiger partial charge in [-0.3, -0.25) is 9.59 Å². The Kier molecular flexibility index (Phi) is 5.77. The van der Waals surface area contributed by atoms with E-state index in [0.717, 1.165) is 24.9 Å². The summed E-state index contributed by atoms with van der Waals surface area (Å²) in [6.07, 6.45) is 3.78. The molecule has 24 heavy (non-hydrogen) atoms. The lowest BCUT2D eigenvalue weighted by Crippen LogP contribution is -2.52. The van der Waals surface area contributed by atoms with E-state index in [1.54, 1.807) is 30.8 Å². The van der Waals surface area contributed by atoms with Crippen LogP contribution >= 0.6 is 11.3 Å². The average molecular weight is 348 g/mol. The highest BCUT2D eigenvalue weighted by atomic mass is 32.1. The molecule has 2 aromatic rings. The summed E-state index contributed by atoms with van der Waals surface area (Å²) < 4.78 is 1.80. The van der Waals surface area contributed by atoms with Gasteiger partial charge in [0, 0.05) is 12.1 Å². The van der Waals surface area contributed by atoms with E-state index >= 15 is 0 Å². The molecule has 0 saturated carbocycles. The molecule has 0 spiro atoms. The van der Waals surface area contributed by atoms with Gasteiger partial charge >= 0.3 is 0 Å². The van der Waals surface area contributed by atoms with E-state index in [1.165, 1.54) is 11.3 Å². The summed E-state index contributed by atoms with van der Waals surface area (Å²) in [4.78, 5) is 25.4. The van der Waals surface area contributed by atoms with E-state index in [-0.39, 0.29) is 11.8 Å². The molecule has 2 amide bonds. The third-order valence-corrected chi connectivity index (χ3v) is 4.59. The SMILES string of the molecule is CCCCn1ncc(C)c1NC(=O)C(C)(C)NC(=O)c1cccs1. The number of nitrogens with zero attached hydrogens (tertiary/aromatic N) is 2. The van der Waals surface area contributed by atoms with Crippen LogP contribution in [0, 0.1) is 6.92 Å². The lowest BCUT2D eigenvalue weighted by molar-refractivity contribution is -0.121.